The Kier molecular flexibility index (Phi) is 14.8. The summed E-state index contributed by atoms with van der Waals surface area (Å²) in [5.74, 6) is 1.33. The number of aromatic nitrogens is 2. The van der Waals surface area contributed by atoms with E-state index in [9.17, 15) is 14.4 Å². The van der Waals surface area contributed by atoms with Crippen molar-refractivity contribution >= 4 is 41.1 Å². The van der Waals surface area contributed by atoms with Crippen molar-refractivity contribution in [3.8, 4) is 45.3 Å². The van der Waals surface area contributed by atoms with Crippen molar-refractivity contribution < 1.29 is 28.6 Å². The van der Waals surface area contributed by atoms with Gasteiger partial charge in [0, 0.05) is 97.2 Å². The summed E-state index contributed by atoms with van der Waals surface area (Å²) in [6.45, 7) is 14.5. The molecule has 4 aromatic rings. The van der Waals surface area contributed by atoms with Crippen LogP contribution in [0.25, 0.3) is 33.6 Å². The molecule has 2 aromatic carbocycles. The van der Waals surface area contributed by atoms with E-state index < -0.39 is 11.7 Å². The number of rotatable bonds is 12. The van der Waals surface area contributed by atoms with E-state index >= 15 is 0 Å². The number of nitrogens with zero attached hydrogens (tertiary/aromatic N) is 5. The number of halogens is 2. The first-order valence-electron chi connectivity index (χ1n) is 21.0. The number of pyridine rings is 2. The van der Waals surface area contributed by atoms with Gasteiger partial charge in [-0.25, -0.2) is 9.78 Å². The molecule has 0 unspecified atom stereocenters. The largest absolute Gasteiger partial charge is 0.496 e. The smallest absolute Gasteiger partial charge is 0.410 e. The van der Waals surface area contributed by atoms with E-state index in [0.29, 0.717) is 88.1 Å². The SMILES string of the molecule is COc1cc(-c2nccc(-c3cccc(-c4ccc(CN(C(=O)OC(C)(C)C)C5CCN(C(C)=O)CC5)c(OC)n4)c3Cl)c2Cl)ccc1CNC1CCN(C(=O)C(C)C)CC1. The van der Waals surface area contributed by atoms with Gasteiger partial charge in [-0.2, -0.15) is 0 Å². The molecule has 0 atom stereocenters. The average Bonchev–Trinajstić information content (AvgIpc) is 3.24. The molecule has 6 rings (SSSR count). The lowest BCUT2D eigenvalue weighted by atomic mass is 9.98. The number of carbonyl (C=O) groups is 3. The van der Waals surface area contributed by atoms with Gasteiger partial charge in [0.15, 0.2) is 0 Å². The molecule has 1 N–H and O–H groups in total. The van der Waals surface area contributed by atoms with Crippen LogP contribution in [-0.4, -0.2) is 101 Å². The van der Waals surface area contributed by atoms with Crippen molar-refractivity contribution in [1.29, 1.82) is 0 Å². The lowest BCUT2D eigenvalue weighted by Gasteiger charge is -2.39. The van der Waals surface area contributed by atoms with Gasteiger partial charge in [0.25, 0.3) is 0 Å². The first-order valence-corrected chi connectivity index (χ1v) is 21.8. The zero-order chi connectivity index (χ0) is 44.0. The van der Waals surface area contributed by atoms with Crippen molar-refractivity contribution in [3.63, 3.8) is 0 Å². The summed E-state index contributed by atoms with van der Waals surface area (Å²) in [5.41, 5.74) is 5.09. The third kappa shape index (κ3) is 10.9. The molecule has 0 spiro atoms. The predicted molar refractivity (Wildman–Crippen MR) is 240 cm³/mol. The third-order valence-electron chi connectivity index (χ3n) is 11.3. The van der Waals surface area contributed by atoms with Gasteiger partial charge in [-0.15, -0.1) is 0 Å². The number of nitrogens with one attached hydrogen (secondary N) is 1. The van der Waals surface area contributed by atoms with E-state index in [0.717, 1.165) is 42.8 Å². The number of benzene rings is 2. The molecule has 2 aromatic heterocycles. The number of likely N-dealkylation sites (tertiary alicyclic amines) is 2. The molecule has 0 radical (unpaired) electrons. The van der Waals surface area contributed by atoms with Crippen molar-refractivity contribution in [2.45, 2.75) is 98.0 Å². The number of piperidine rings is 2. The Bertz CT molecular complexity index is 2210. The molecule has 0 aliphatic carbocycles. The Balaban J connectivity index is 1.21. The molecule has 2 saturated heterocycles. The molecule has 14 heteroatoms. The first-order chi connectivity index (χ1) is 29.1. The monoisotopic (exact) mass is 872 g/mol. The molecular weight excluding hydrogens is 815 g/mol. The quantitative estimate of drug-likeness (QED) is 0.148. The molecule has 0 saturated carbocycles. The number of hydrogen-bond acceptors (Lipinski definition) is 9. The summed E-state index contributed by atoms with van der Waals surface area (Å²) in [4.78, 5) is 53.1. The zero-order valence-corrected chi connectivity index (χ0v) is 38.0. The van der Waals surface area contributed by atoms with Crippen LogP contribution >= 0.6 is 23.2 Å². The maximum absolute atomic E-state index is 13.6. The highest BCUT2D eigenvalue weighted by molar-refractivity contribution is 6.39. The summed E-state index contributed by atoms with van der Waals surface area (Å²) >= 11 is 14.4. The Morgan fingerprint density at radius 1 is 0.852 bits per heavy atom. The van der Waals surface area contributed by atoms with Crippen LogP contribution in [-0.2, 0) is 27.4 Å². The Labute approximate surface area is 369 Å². The van der Waals surface area contributed by atoms with Crippen LogP contribution in [0.3, 0.4) is 0 Å². The minimum Gasteiger partial charge on any atom is -0.496 e. The normalized spacial score (nSPS) is 15.2. The number of ether oxygens (including phenoxy) is 3. The summed E-state index contributed by atoms with van der Waals surface area (Å²) in [5, 5.41) is 4.55. The van der Waals surface area contributed by atoms with Crippen molar-refractivity contribution in [3.05, 3.63) is 82.0 Å². The van der Waals surface area contributed by atoms with Crippen molar-refractivity contribution in [1.82, 2.24) is 30.0 Å². The van der Waals surface area contributed by atoms with E-state index in [1.165, 1.54) is 0 Å². The molecule has 4 heterocycles. The third-order valence-corrected chi connectivity index (χ3v) is 12.1. The fourth-order valence-corrected chi connectivity index (χ4v) is 8.66. The number of hydrogen-bond donors (Lipinski definition) is 1. The Morgan fingerprint density at radius 2 is 1.51 bits per heavy atom. The van der Waals surface area contributed by atoms with Gasteiger partial charge in [0.05, 0.1) is 42.2 Å². The maximum atomic E-state index is 13.6. The highest BCUT2D eigenvalue weighted by atomic mass is 35.5. The lowest BCUT2D eigenvalue weighted by molar-refractivity contribution is -0.135. The molecular formula is C47H58Cl2N6O6. The fourth-order valence-electron chi connectivity index (χ4n) is 8.01. The topological polar surface area (TPSA) is 126 Å². The minimum absolute atomic E-state index is 0.0118. The summed E-state index contributed by atoms with van der Waals surface area (Å²) in [6.07, 6.45) is 4.36. The molecule has 326 valence electrons. The lowest BCUT2D eigenvalue weighted by Crippen LogP contribution is -2.49. The molecule has 0 bridgehead atoms. The molecule has 2 fully saturated rings. The average molecular weight is 874 g/mol. The molecule has 3 amide bonds. The number of carbonyl (C=O) groups excluding carboxylic acids is 3. The van der Waals surface area contributed by atoms with E-state index in [1.54, 1.807) is 37.1 Å². The van der Waals surface area contributed by atoms with Crippen LogP contribution in [0.4, 0.5) is 4.79 Å². The fraction of sp³-hybridized carbons (Fsp3) is 0.468. The van der Waals surface area contributed by atoms with Gasteiger partial charge in [-0.05, 0) is 70.7 Å². The van der Waals surface area contributed by atoms with Crippen LogP contribution in [0, 0.1) is 5.92 Å². The summed E-state index contributed by atoms with van der Waals surface area (Å²) in [6, 6.07) is 17.5. The maximum Gasteiger partial charge on any atom is 0.410 e. The number of methoxy groups -OCH3 is 2. The van der Waals surface area contributed by atoms with Crippen LogP contribution in [0.2, 0.25) is 10.0 Å². The Hall–Kier alpha value is -4.91. The molecule has 2 aliphatic heterocycles. The standard InChI is InChI=1S/C47H58Cl2N6O6/c1-29(2)45(57)54-22-17-34(18-23-54)51-27-32-13-12-31(26-40(32)59-7)43-42(49)37(16-21-50-43)36-10-9-11-38(41(36)48)39-15-14-33(44(52-39)60-8)28-55(46(58)61-47(4,5)6)35-19-24-53(25-20-35)30(3)56/h9-16,21,26,29,34-35,51H,17-20,22-25,27-28H2,1-8H3. The van der Waals surface area contributed by atoms with E-state index in [2.05, 4.69) is 10.3 Å². The van der Waals surface area contributed by atoms with Gasteiger partial charge < -0.3 is 34.2 Å². The van der Waals surface area contributed by atoms with Crippen molar-refractivity contribution in [2.24, 2.45) is 5.92 Å². The second kappa shape index (κ2) is 19.9. The molecule has 2 aliphatic rings. The highest BCUT2D eigenvalue weighted by Crippen LogP contribution is 2.42. The van der Waals surface area contributed by atoms with Crippen LogP contribution in [0.5, 0.6) is 11.6 Å². The second-order valence-corrected chi connectivity index (χ2v) is 17.8. The molecule has 61 heavy (non-hydrogen) atoms. The van der Waals surface area contributed by atoms with Gasteiger partial charge in [0.1, 0.15) is 11.4 Å². The second-order valence-electron chi connectivity index (χ2n) is 17.1. The van der Waals surface area contributed by atoms with Gasteiger partial charge in [0.2, 0.25) is 17.7 Å². The Morgan fingerprint density at radius 3 is 2.15 bits per heavy atom. The summed E-state index contributed by atoms with van der Waals surface area (Å²) in [7, 11) is 3.21. The van der Waals surface area contributed by atoms with Crippen molar-refractivity contribution in [2.75, 3.05) is 40.4 Å². The van der Waals surface area contributed by atoms with E-state index in [4.69, 9.17) is 42.4 Å². The van der Waals surface area contributed by atoms with Crippen LogP contribution in [0.15, 0.2) is 60.8 Å². The van der Waals surface area contributed by atoms with E-state index in [-0.39, 0.29) is 30.3 Å². The van der Waals surface area contributed by atoms with Gasteiger partial charge in [-0.3, -0.25) is 14.6 Å². The zero-order valence-electron chi connectivity index (χ0n) is 36.5. The van der Waals surface area contributed by atoms with Gasteiger partial charge in [-0.1, -0.05) is 67.4 Å². The van der Waals surface area contributed by atoms with E-state index in [1.807, 2.05) is 94.1 Å². The molecule has 12 nitrogen and oxygen atoms in total. The first kappa shape index (κ1) is 45.6. The predicted octanol–water partition coefficient (Wildman–Crippen LogP) is 9.29. The summed E-state index contributed by atoms with van der Waals surface area (Å²) < 4.78 is 17.5. The highest BCUT2D eigenvalue weighted by Gasteiger charge is 2.33. The minimum atomic E-state index is -0.687. The van der Waals surface area contributed by atoms with Gasteiger partial charge >= 0.3 is 6.09 Å². The van der Waals surface area contributed by atoms with Crippen LogP contribution in [0.1, 0.15) is 78.4 Å². The van der Waals surface area contributed by atoms with Crippen LogP contribution < -0.4 is 14.8 Å². The number of amides is 3.